The maximum absolute atomic E-state index is 3.52. The topological polar surface area (TPSA) is 12.0 Å². The molecular formula is C20H27N. The van der Waals surface area contributed by atoms with Crippen molar-refractivity contribution in [3.63, 3.8) is 0 Å². The van der Waals surface area contributed by atoms with E-state index in [0.29, 0.717) is 0 Å². The molecule has 2 rings (SSSR count). The highest BCUT2D eigenvalue weighted by Gasteiger charge is 2.16. The number of aryl methyl sites for hydroxylation is 4. The minimum absolute atomic E-state index is 0.269. The van der Waals surface area contributed by atoms with Crippen molar-refractivity contribution < 1.29 is 0 Å². The van der Waals surface area contributed by atoms with Crippen molar-refractivity contribution in [1.29, 1.82) is 0 Å². The van der Waals surface area contributed by atoms with E-state index in [-0.39, 0.29) is 6.04 Å². The van der Waals surface area contributed by atoms with Gasteiger partial charge in [-0.2, -0.15) is 0 Å². The molecule has 1 atom stereocenters. The van der Waals surface area contributed by atoms with Crippen molar-refractivity contribution in [3.05, 3.63) is 69.8 Å². The summed E-state index contributed by atoms with van der Waals surface area (Å²) < 4.78 is 0. The molecule has 1 N–H and O–H groups in total. The lowest BCUT2D eigenvalue weighted by Gasteiger charge is -2.22. The average Bonchev–Trinajstić information content (AvgIpc) is 2.47. The molecule has 0 saturated heterocycles. The molecule has 2 aromatic carbocycles. The number of hydrogen-bond acceptors (Lipinski definition) is 1. The summed E-state index contributed by atoms with van der Waals surface area (Å²) in [5.41, 5.74) is 8.28. The van der Waals surface area contributed by atoms with Gasteiger partial charge in [-0.15, -0.1) is 0 Å². The zero-order chi connectivity index (χ0) is 15.4. The van der Waals surface area contributed by atoms with Gasteiger partial charge in [-0.3, -0.25) is 0 Å². The Morgan fingerprint density at radius 1 is 0.905 bits per heavy atom. The smallest absolute Gasteiger partial charge is 0.0577 e. The van der Waals surface area contributed by atoms with E-state index >= 15 is 0 Å². The van der Waals surface area contributed by atoms with Crippen LogP contribution in [-0.2, 0) is 12.8 Å². The third kappa shape index (κ3) is 3.54. The fourth-order valence-corrected chi connectivity index (χ4v) is 3.13. The Hall–Kier alpha value is -1.60. The molecule has 0 saturated carbocycles. The molecule has 0 aliphatic heterocycles. The second kappa shape index (κ2) is 6.91. The standard InChI is InChI=1S/C20H27N/c1-6-16-8-9-17(7-2)19(13-16)20(21-5)18-11-14(3)10-15(4)12-18/h8-13,20-21H,6-7H2,1-5H3. The lowest BCUT2D eigenvalue weighted by molar-refractivity contribution is 0.681. The van der Waals surface area contributed by atoms with Crippen molar-refractivity contribution >= 4 is 0 Å². The van der Waals surface area contributed by atoms with Crippen LogP contribution in [0.5, 0.6) is 0 Å². The molecule has 0 heterocycles. The van der Waals surface area contributed by atoms with E-state index in [0.717, 1.165) is 12.8 Å². The first kappa shape index (κ1) is 15.8. The molecule has 1 nitrogen and oxygen atoms in total. The summed E-state index contributed by atoms with van der Waals surface area (Å²) in [6.45, 7) is 8.80. The van der Waals surface area contributed by atoms with E-state index in [1.807, 2.05) is 0 Å². The van der Waals surface area contributed by atoms with Gasteiger partial charge in [-0.25, -0.2) is 0 Å². The Labute approximate surface area is 129 Å². The molecule has 1 heteroatoms. The van der Waals surface area contributed by atoms with E-state index in [1.165, 1.54) is 33.4 Å². The Balaban J connectivity index is 2.54. The molecule has 0 amide bonds. The lowest BCUT2D eigenvalue weighted by atomic mass is 9.90. The van der Waals surface area contributed by atoms with Crippen LogP contribution in [-0.4, -0.2) is 7.05 Å². The van der Waals surface area contributed by atoms with Gasteiger partial charge in [0.15, 0.2) is 0 Å². The number of nitrogens with one attached hydrogen (secondary N) is 1. The van der Waals surface area contributed by atoms with E-state index in [4.69, 9.17) is 0 Å². The predicted molar refractivity (Wildman–Crippen MR) is 92.0 cm³/mol. The fourth-order valence-electron chi connectivity index (χ4n) is 3.13. The van der Waals surface area contributed by atoms with E-state index in [2.05, 4.69) is 76.5 Å². The lowest BCUT2D eigenvalue weighted by Crippen LogP contribution is -2.19. The van der Waals surface area contributed by atoms with E-state index in [9.17, 15) is 0 Å². The maximum atomic E-state index is 3.52. The third-order valence-electron chi connectivity index (χ3n) is 4.18. The van der Waals surface area contributed by atoms with Crippen LogP contribution in [0.15, 0.2) is 36.4 Å². The molecule has 0 spiro atoms. The summed E-state index contributed by atoms with van der Waals surface area (Å²) >= 11 is 0. The van der Waals surface area contributed by atoms with Gasteiger partial charge in [0.2, 0.25) is 0 Å². The third-order valence-corrected chi connectivity index (χ3v) is 4.18. The molecule has 0 fully saturated rings. The molecule has 1 unspecified atom stereocenters. The normalized spacial score (nSPS) is 12.4. The highest BCUT2D eigenvalue weighted by atomic mass is 14.9. The van der Waals surface area contributed by atoms with Gasteiger partial charge in [0.25, 0.3) is 0 Å². The summed E-state index contributed by atoms with van der Waals surface area (Å²) in [5, 5.41) is 3.52. The van der Waals surface area contributed by atoms with Crippen LogP contribution in [0, 0.1) is 13.8 Å². The Morgan fingerprint density at radius 3 is 2.10 bits per heavy atom. The van der Waals surface area contributed by atoms with Crippen LogP contribution in [0.4, 0.5) is 0 Å². The van der Waals surface area contributed by atoms with Gasteiger partial charge < -0.3 is 5.32 Å². The summed E-state index contributed by atoms with van der Waals surface area (Å²) in [7, 11) is 2.06. The number of benzene rings is 2. The van der Waals surface area contributed by atoms with E-state index < -0.39 is 0 Å². The highest BCUT2D eigenvalue weighted by molar-refractivity contribution is 5.42. The summed E-state index contributed by atoms with van der Waals surface area (Å²) in [6, 6.07) is 14.0. The van der Waals surface area contributed by atoms with Gasteiger partial charge in [0.1, 0.15) is 0 Å². The predicted octanol–water partition coefficient (Wildman–Crippen LogP) is 4.74. The zero-order valence-electron chi connectivity index (χ0n) is 14.0. The molecule has 0 aliphatic rings. The minimum atomic E-state index is 0.269. The van der Waals surface area contributed by atoms with Crippen molar-refractivity contribution in [1.82, 2.24) is 5.32 Å². The Bertz CT molecular complexity index is 593. The van der Waals surface area contributed by atoms with Gasteiger partial charge in [-0.05, 0) is 56.0 Å². The largest absolute Gasteiger partial charge is 0.309 e. The quantitative estimate of drug-likeness (QED) is 0.835. The fraction of sp³-hybridized carbons (Fsp3) is 0.400. The van der Waals surface area contributed by atoms with Gasteiger partial charge >= 0.3 is 0 Å². The summed E-state index contributed by atoms with van der Waals surface area (Å²) in [6.07, 6.45) is 2.16. The molecule has 2 aromatic rings. The summed E-state index contributed by atoms with van der Waals surface area (Å²) in [5.74, 6) is 0. The Kier molecular flexibility index (Phi) is 5.19. The van der Waals surface area contributed by atoms with Gasteiger partial charge in [0, 0.05) is 0 Å². The molecule has 0 aromatic heterocycles. The zero-order valence-corrected chi connectivity index (χ0v) is 14.0. The SMILES string of the molecule is CCc1ccc(CC)c(C(NC)c2cc(C)cc(C)c2)c1. The van der Waals surface area contributed by atoms with Crippen LogP contribution >= 0.6 is 0 Å². The monoisotopic (exact) mass is 281 g/mol. The van der Waals surface area contributed by atoms with Crippen molar-refractivity contribution in [2.45, 2.75) is 46.6 Å². The second-order valence-corrected chi connectivity index (χ2v) is 5.88. The first-order valence-electron chi connectivity index (χ1n) is 7.96. The van der Waals surface area contributed by atoms with Crippen LogP contribution < -0.4 is 5.32 Å². The van der Waals surface area contributed by atoms with Gasteiger partial charge in [-0.1, -0.05) is 61.4 Å². The van der Waals surface area contributed by atoms with Crippen LogP contribution in [0.3, 0.4) is 0 Å². The molecule has 0 aliphatic carbocycles. The summed E-state index contributed by atoms with van der Waals surface area (Å²) in [4.78, 5) is 0. The molecule has 0 radical (unpaired) electrons. The minimum Gasteiger partial charge on any atom is -0.309 e. The highest BCUT2D eigenvalue weighted by Crippen LogP contribution is 2.28. The van der Waals surface area contributed by atoms with E-state index in [1.54, 1.807) is 0 Å². The molecule has 112 valence electrons. The number of hydrogen-bond donors (Lipinski definition) is 1. The average molecular weight is 281 g/mol. The van der Waals surface area contributed by atoms with Gasteiger partial charge in [0.05, 0.1) is 6.04 Å². The van der Waals surface area contributed by atoms with Crippen LogP contribution in [0.2, 0.25) is 0 Å². The van der Waals surface area contributed by atoms with Crippen molar-refractivity contribution in [2.75, 3.05) is 7.05 Å². The second-order valence-electron chi connectivity index (χ2n) is 5.88. The molecular weight excluding hydrogens is 254 g/mol. The number of rotatable bonds is 5. The van der Waals surface area contributed by atoms with Crippen molar-refractivity contribution in [3.8, 4) is 0 Å². The first-order chi connectivity index (χ1) is 10.1. The van der Waals surface area contributed by atoms with Crippen LogP contribution in [0.25, 0.3) is 0 Å². The molecule has 21 heavy (non-hydrogen) atoms. The molecule has 0 bridgehead atoms. The van der Waals surface area contributed by atoms with Crippen LogP contribution in [0.1, 0.15) is 53.3 Å². The first-order valence-corrected chi connectivity index (χ1v) is 7.96. The Morgan fingerprint density at radius 2 is 1.57 bits per heavy atom. The van der Waals surface area contributed by atoms with Crippen molar-refractivity contribution in [2.24, 2.45) is 0 Å². The maximum Gasteiger partial charge on any atom is 0.0577 e.